The highest BCUT2D eigenvalue weighted by molar-refractivity contribution is 5.35. The van der Waals surface area contributed by atoms with E-state index in [0.29, 0.717) is 0 Å². The van der Waals surface area contributed by atoms with Gasteiger partial charge in [0.25, 0.3) is 0 Å². The van der Waals surface area contributed by atoms with Crippen LogP contribution in [0, 0.1) is 13.8 Å². The van der Waals surface area contributed by atoms with E-state index in [0.717, 1.165) is 17.1 Å². The van der Waals surface area contributed by atoms with Crippen LogP contribution in [-0.2, 0) is 0 Å². The van der Waals surface area contributed by atoms with E-state index in [9.17, 15) is 0 Å². The second kappa shape index (κ2) is 6.64. The molecule has 2 rings (SSSR count). The maximum Gasteiger partial charge on any atom is 0.138 e. The van der Waals surface area contributed by atoms with Crippen molar-refractivity contribution in [3.63, 3.8) is 0 Å². The summed E-state index contributed by atoms with van der Waals surface area (Å²) in [6, 6.07) is 13.8. The van der Waals surface area contributed by atoms with Gasteiger partial charge in [0.2, 0.25) is 0 Å². The van der Waals surface area contributed by atoms with Crippen LogP contribution in [0.15, 0.2) is 42.5 Å². The van der Waals surface area contributed by atoms with Gasteiger partial charge in [0.15, 0.2) is 0 Å². The average molecular weight is 285 g/mol. The van der Waals surface area contributed by atoms with E-state index in [4.69, 9.17) is 15.2 Å². The molecule has 0 aliphatic rings. The van der Waals surface area contributed by atoms with Gasteiger partial charge in [-0.25, -0.2) is 0 Å². The summed E-state index contributed by atoms with van der Waals surface area (Å²) in [7, 11) is 1.66. The number of hydrogen-bond donors (Lipinski definition) is 1. The molecule has 0 spiro atoms. The molecule has 112 valence electrons. The van der Waals surface area contributed by atoms with E-state index in [1.54, 1.807) is 7.11 Å². The maximum absolute atomic E-state index is 6.11. The molecule has 2 atom stereocenters. The predicted molar refractivity (Wildman–Crippen MR) is 85.9 cm³/mol. The molecule has 2 aromatic rings. The fourth-order valence-electron chi connectivity index (χ4n) is 2.21. The van der Waals surface area contributed by atoms with Crippen molar-refractivity contribution >= 4 is 0 Å². The number of nitrogens with two attached hydrogens (primary N) is 1. The van der Waals surface area contributed by atoms with Gasteiger partial charge >= 0.3 is 0 Å². The second-order valence-corrected chi connectivity index (χ2v) is 5.42. The van der Waals surface area contributed by atoms with E-state index in [-0.39, 0.29) is 12.1 Å². The summed E-state index contributed by atoms with van der Waals surface area (Å²) < 4.78 is 11.3. The van der Waals surface area contributed by atoms with E-state index in [1.807, 2.05) is 43.3 Å². The lowest BCUT2D eigenvalue weighted by Crippen LogP contribution is -2.29. The van der Waals surface area contributed by atoms with Gasteiger partial charge in [0.1, 0.15) is 17.6 Å². The molecule has 2 aromatic carbocycles. The quantitative estimate of drug-likeness (QED) is 0.909. The molecule has 2 unspecified atom stereocenters. The van der Waals surface area contributed by atoms with Gasteiger partial charge < -0.3 is 15.2 Å². The first-order valence-corrected chi connectivity index (χ1v) is 7.14. The van der Waals surface area contributed by atoms with Gasteiger partial charge in [0, 0.05) is 6.04 Å². The second-order valence-electron chi connectivity index (χ2n) is 5.42. The van der Waals surface area contributed by atoms with Crippen LogP contribution in [-0.4, -0.2) is 13.2 Å². The van der Waals surface area contributed by atoms with Gasteiger partial charge in [-0.1, -0.05) is 18.2 Å². The van der Waals surface area contributed by atoms with Crippen LogP contribution in [0.4, 0.5) is 0 Å². The molecule has 0 saturated heterocycles. The molecule has 0 aliphatic carbocycles. The molecule has 3 heteroatoms. The zero-order valence-corrected chi connectivity index (χ0v) is 13.1. The Hall–Kier alpha value is -2.00. The molecule has 0 aliphatic heterocycles. The Labute approximate surface area is 126 Å². The van der Waals surface area contributed by atoms with Gasteiger partial charge in [-0.05, 0) is 61.7 Å². The third-order valence-electron chi connectivity index (χ3n) is 3.66. The summed E-state index contributed by atoms with van der Waals surface area (Å²) in [6.07, 6.45) is -0.182. The summed E-state index contributed by atoms with van der Waals surface area (Å²) >= 11 is 0. The first-order valence-electron chi connectivity index (χ1n) is 7.14. The minimum absolute atomic E-state index is 0.111. The summed E-state index contributed by atoms with van der Waals surface area (Å²) in [5.41, 5.74) is 9.61. The van der Waals surface area contributed by atoms with Crippen LogP contribution in [0.3, 0.4) is 0 Å². The van der Waals surface area contributed by atoms with Crippen molar-refractivity contribution in [1.82, 2.24) is 0 Å². The molecule has 0 radical (unpaired) electrons. The van der Waals surface area contributed by atoms with Gasteiger partial charge in [-0.3, -0.25) is 0 Å². The van der Waals surface area contributed by atoms with Gasteiger partial charge in [-0.2, -0.15) is 0 Å². The predicted octanol–water partition coefficient (Wildman–Crippen LogP) is 3.78. The molecule has 3 nitrogen and oxygen atoms in total. The Bertz CT molecular complexity index is 591. The standard InChI is InChI=1S/C18H23NO2/c1-12-5-8-17(11-13(12)2)21-18(14(3)19)15-6-9-16(20-4)10-7-15/h5-11,14,18H,19H2,1-4H3. The highest BCUT2D eigenvalue weighted by Gasteiger charge is 2.18. The van der Waals surface area contributed by atoms with Crippen molar-refractivity contribution in [3.05, 3.63) is 59.2 Å². The molecule has 0 bridgehead atoms. The Morgan fingerprint density at radius 1 is 0.905 bits per heavy atom. The SMILES string of the molecule is COc1ccc(C(Oc2ccc(C)c(C)c2)C(C)N)cc1. The monoisotopic (exact) mass is 285 g/mol. The number of methoxy groups -OCH3 is 1. The van der Waals surface area contributed by atoms with Crippen molar-refractivity contribution in [2.75, 3.05) is 7.11 Å². The smallest absolute Gasteiger partial charge is 0.138 e. The highest BCUT2D eigenvalue weighted by atomic mass is 16.5. The lowest BCUT2D eigenvalue weighted by molar-refractivity contribution is 0.180. The van der Waals surface area contributed by atoms with Crippen molar-refractivity contribution in [2.24, 2.45) is 5.73 Å². The number of ether oxygens (including phenoxy) is 2. The van der Waals surface area contributed by atoms with Crippen molar-refractivity contribution in [1.29, 1.82) is 0 Å². The Morgan fingerprint density at radius 3 is 2.05 bits per heavy atom. The maximum atomic E-state index is 6.11. The molecule has 0 saturated carbocycles. The molecule has 0 amide bonds. The number of aryl methyl sites for hydroxylation is 2. The van der Waals surface area contributed by atoms with Gasteiger partial charge in [0.05, 0.1) is 7.11 Å². The summed E-state index contributed by atoms with van der Waals surface area (Å²) in [5.74, 6) is 1.67. The Morgan fingerprint density at radius 2 is 1.52 bits per heavy atom. The van der Waals surface area contributed by atoms with Crippen LogP contribution < -0.4 is 15.2 Å². The zero-order chi connectivity index (χ0) is 15.4. The molecular formula is C18H23NO2. The molecule has 21 heavy (non-hydrogen) atoms. The lowest BCUT2D eigenvalue weighted by Gasteiger charge is -2.23. The summed E-state index contributed by atoms with van der Waals surface area (Å²) in [4.78, 5) is 0. The normalized spacial score (nSPS) is 13.6. The van der Waals surface area contributed by atoms with Crippen LogP contribution in [0.1, 0.15) is 29.7 Å². The first-order chi connectivity index (χ1) is 10.0. The number of benzene rings is 2. The van der Waals surface area contributed by atoms with Crippen molar-refractivity contribution in [2.45, 2.75) is 32.9 Å². The minimum Gasteiger partial charge on any atom is -0.497 e. The minimum atomic E-state index is -0.182. The van der Waals surface area contributed by atoms with Crippen LogP contribution in [0.25, 0.3) is 0 Å². The van der Waals surface area contributed by atoms with E-state index in [2.05, 4.69) is 19.9 Å². The molecule has 0 heterocycles. The molecular weight excluding hydrogens is 262 g/mol. The number of hydrogen-bond acceptors (Lipinski definition) is 3. The third kappa shape index (κ3) is 3.76. The Balaban J connectivity index is 2.23. The largest absolute Gasteiger partial charge is 0.497 e. The van der Waals surface area contributed by atoms with Gasteiger partial charge in [-0.15, -0.1) is 0 Å². The zero-order valence-electron chi connectivity index (χ0n) is 13.1. The highest BCUT2D eigenvalue weighted by Crippen LogP contribution is 2.27. The van der Waals surface area contributed by atoms with E-state index in [1.165, 1.54) is 11.1 Å². The lowest BCUT2D eigenvalue weighted by atomic mass is 10.0. The Kier molecular flexibility index (Phi) is 4.86. The fourth-order valence-corrected chi connectivity index (χ4v) is 2.21. The molecule has 0 fully saturated rings. The van der Waals surface area contributed by atoms with Crippen LogP contribution in [0.5, 0.6) is 11.5 Å². The number of rotatable bonds is 5. The average Bonchev–Trinajstić information content (AvgIpc) is 2.48. The topological polar surface area (TPSA) is 44.5 Å². The van der Waals surface area contributed by atoms with E-state index >= 15 is 0 Å². The third-order valence-corrected chi connectivity index (χ3v) is 3.66. The van der Waals surface area contributed by atoms with Crippen LogP contribution >= 0.6 is 0 Å². The first kappa shape index (κ1) is 15.4. The van der Waals surface area contributed by atoms with Crippen LogP contribution in [0.2, 0.25) is 0 Å². The summed E-state index contributed by atoms with van der Waals surface area (Å²) in [5, 5.41) is 0. The van der Waals surface area contributed by atoms with E-state index < -0.39 is 0 Å². The van der Waals surface area contributed by atoms with Crippen molar-refractivity contribution in [3.8, 4) is 11.5 Å². The molecule has 0 aromatic heterocycles. The summed E-state index contributed by atoms with van der Waals surface area (Å²) in [6.45, 7) is 6.12. The van der Waals surface area contributed by atoms with Crippen molar-refractivity contribution < 1.29 is 9.47 Å². The fraction of sp³-hybridized carbons (Fsp3) is 0.333. The molecule has 2 N–H and O–H groups in total.